The molecule has 2 nitrogen and oxygen atoms in total. The van der Waals surface area contributed by atoms with Gasteiger partial charge in [0, 0.05) is 27.0 Å². The third kappa shape index (κ3) is 2.68. The standard InChI is InChI=1S/C11H10Br2O2/c12-9-3-8(4-10(13)5-9)11(14)7-1-2-15-6-7/h3-5,7H,1-2,6H2. The Morgan fingerprint density at radius 2 is 1.93 bits per heavy atom. The molecule has 15 heavy (non-hydrogen) atoms. The summed E-state index contributed by atoms with van der Waals surface area (Å²) < 4.78 is 7.05. The van der Waals surface area contributed by atoms with E-state index in [2.05, 4.69) is 31.9 Å². The molecule has 0 radical (unpaired) electrons. The normalized spacial score (nSPS) is 20.5. The highest BCUT2D eigenvalue weighted by Crippen LogP contribution is 2.24. The Bertz CT molecular complexity index is 364. The number of carbonyl (C=O) groups is 1. The Kier molecular flexibility index (Phi) is 3.59. The topological polar surface area (TPSA) is 26.3 Å². The summed E-state index contributed by atoms with van der Waals surface area (Å²) in [5.41, 5.74) is 0.742. The molecule has 1 saturated heterocycles. The second kappa shape index (κ2) is 4.76. The minimum absolute atomic E-state index is 0.0335. The lowest BCUT2D eigenvalue weighted by atomic mass is 9.97. The molecular weight excluding hydrogens is 324 g/mol. The molecular formula is C11H10Br2O2. The number of rotatable bonds is 2. The number of halogens is 2. The summed E-state index contributed by atoms with van der Waals surface area (Å²) in [6.07, 6.45) is 0.836. The number of ether oxygens (including phenoxy) is 1. The van der Waals surface area contributed by atoms with E-state index in [0.717, 1.165) is 20.9 Å². The van der Waals surface area contributed by atoms with Crippen LogP contribution in [-0.2, 0) is 4.74 Å². The predicted octanol–water partition coefficient (Wildman–Crippen LogP) is 3.43. The Labute approximate surface area is 105 Å². The summed E-state index contributed by atoms with van der Waals surface area (Å²) in [5, 5.41) is 0. The molecule has 2 rings (SSSR count). The maximum absolute atomic E-state index is 12.0. The van der Waals surface area contributed by atoms with Crippen molar-refractivity contribution in [3.63, 3.8) is 0 Å². The summed E-state index contributed by atoms with van der Waals surface area (Å²) in [5.74, 6) is 0.209. The van der Waals surface area contributed by atoms with Crippen LogP contribution < -0.4 is 0 Å². The molecule has 1 unspecified atom stereocenters. The minimum Gasteiger partial charge on any atom is -0.381 e. The number of Topliss-reactive ketones (excluding diaryl/α,β-unsaturated/α-hetero) is 1. The van der Waals surface area contributed by atoms with Gasteiger partial charge in [-0.05, 0) is 24.6 Å². The van der Waals surface area contributed by atoms with Gasteiger partial charge in [-0.1, -0.05) is 31.9 Å². The van der Waals surface area contributed by atoms with Crippen LogP contribution in [0.5, 0.6) is 0 Å². The quantitative estimate of drug-likeness (QED) is 0.775. The number of hydrogen-bond donors (Lipinski definition) is 0. The first kappa shape index (κ1) is 11.3. The van der Waals surface area contributed by atoms with Gasteiger partial charge in [-0.15, -0.1) is 0 Å². The highest BCUT2D eigenvalue weighted by Gasteiger charge is 2.24. The van der Waals surface area contributed by atoms with E-state index in [-0.39, 0.29) is 11.7 Å². The third-order valence-electron chi connectivity index (χ3n) is 2.45. The number of carbonyl (C=O) groups excluding carboxylic acids is 1. The number of benzene rings is 1. The summed E-state index contributed by atoms with van der Waals surface area (Å²) in [7, 11) is 0. The first-order valence-corrected chi connectivity index (χ1v) is 6.33. The number of ketones is 1. The van der Waals surface area contributed by atoms with E-state index >= 15 is 0 Å². The fourth-order valence-electron chi connectivity index (χ4n) is 1.67. The molecule has 1 aliphatic heterocycles. The van der Waals surface area contributed by atoms with Crippen molar-refractivity contribution in [2.45, 2.75) is 6.42 Å². The average Bonchev–Trinajstić information content (AvgIpc) is 2.67. The molecule has 1 atom stereocenters. The van der Waals surface area contributed by atoms with Gasteiger partial charge in [0.1, 0.15) is 0 Å². The lowest BCUT2D eigenvalue weighted by Gasteiger charge is -2.07. The Morgan fingerprint density at radius 1 is 1.27 bits per heavy atom. The number of hydrogen-bond acceptors (Lipinski definition) is 2. The lowest BCUT2D eigenvalue weighted by molar-refractivity contribution is 0.0900. The SMILES string of the molecule is O=C(c1cc(Br)cc(Br)c1)C1CCOC1. The van der Waals surface area contributed by atoms with Gasteiger partial charge in [-0.3, -0.25) is 4.79 Å². The predicted molar refractivity (Wildman–Crippen MR) is 65.1 cm³/mol. The van der Waals surface area contributed by atoms with Crippen LogP contribution in [0.4, 0.5) is 0 Å². The first-order valence-electron chi connectivity index (χ1n) is 4.75. The summed E-state index contributed by atoms with van der Waals surface area (Å²) in [6, 6.07) is 5.62. The molecule has 0 aliphatic carbocycles. The molecule has 80 valence electrons. The van der Waals surface area contributed by atoms with Gasteiger partial charge < -0.3 is 4.74 Å². The molecule has 0 aromatic heterocycles. The molecule has 0 bridgehead atoms. The Hall–Kier alpha value is -0.190. The van der Waals surface area contributed by atoms with Crippen LogP contribution in [0, 0.1) is 5.92 Å². The van der Waals surface area contributed by atoms with Crippen LogP contribution in [0.3, 0.4) is 0 Å². The average molecular weight is 334 g/mol. The Morgan fingerprint density at radius 3 is 2.47 bits per heavy atom. The van der Waals surface area contributed by atoms with Gasteiger partial charge in [-0.25, -0.2) is 0 Å². The van der Waals surface area contributed by atoms with E-state index in [1.807, 2.05) is 18.2 Å². The van der Waals surface area contributed by atoms with Gasteiger partial charge >= 0.3 is 0 Å². The fraction of sp³-hybridized carbons (Fsp3) is 0.364. The highest BCUT2D eigenvalue weighted by atomic mass is 79.9. The van der Waals surface area contributed by atoms with Gasteiger partial charge in [-0.2, -0.15) is 0 Å². The van der Waals surface area contributed by atoms with Crippen molar-refractivity contribution in [3.05, 3.63) is 32.7 Å². The van der Waals surface area contributed by atoms with Crippen LogP contribution >= 0.6 is 31.9 Å². The molecule has 1 aromatic carbocycles. The van der Waals surface area contributed by atoms with Crippen molar-refractivity contribution in [1.29, 1.82) is 0 Å². The monoisotopic (exact) mass is 332 g/mol. The van der Waals surface area contributed by atoms with E-state index in [4.69, 9.17) is 4.74 Å². The lowest BCUT2D eigenvalue weighted by Crippen LogP contribution is -2.14. The van der Waals surface area contributed by atoms with Crippen LogP contribution in [0.1, 0.15) is 16.8 Å². The zero-order valence-electron chi connectivity index (χ0n) is 8.00. The minimum atomic E-state index is 0.0335. The van der Waals surface area contributed by atoms with Crippen molar-refractivity contribution < 1.29 is 9.53 Å². The Balaban J connectivity index is 2.24. The summed E-state index contributed by atoms with van der Waals surface area (Å²) >= 11 is 6.75. The summed E-state index contributed by atoms with van der Waals surface area (Å²) in [4.78, 5) is 12.0. The van der Waals surface area contributed by atoms with Crippen molar-refractivity contribution in [3.8, 4) is 0 Å². The van der Waals surface area contributed by atoms with Crippen LogP contribution in [0.15, 0.2) is 27.1 Å². The molecule has 0 spiro atoms. The third-order valence-corrected chi connectivity index (χ3v) is 3.36. The first-order chi connectivity index (χ1) is 7.16. The van der Waals surface area contributed by atoms with E-state index in [9.17, 15) is 4.79 Å². The molecule has 0 saturated carbocycles. The molecule has 1 fully saturated rings. The molecule has 1 aromatic rings. The fourth-order valence-corrected chi connectivity index (χ4v) is 2.97. The second-order valence-electron chi connectivity index (χ2n) is 3.58. The maximum Gasteiger partial charge on any atom is 0.168 e. The smallest absolute Gasteiger partial charge is 0.168 e. The van der Waals surface area contributed by atoms with Crippen molar-refractivity contribution >= 4 is 37.6 Å². The molecule has 0 N–H and O–H groups in total. The van der Waals surface area contributed by atoms with E-state index < -0.39 is 0 Å². The zero-order chi connectivity index (χ0) is 10.8. The van der Waals surface area contributed by atoms with Crippen molar-refractivity contribution in [2.75, 3.05) is 13.2 Å². The molecule has 1 aliphatic rings. The van der Waals surface area contributed by atoms with E-state index in [1.54, 1.807) is 0 Å². The van der Waals surface area contributed by atoms with Gasteiger partial charge in [0.2, 0.25) is 0 Å². The molecule has 4 heteroatoms. The zero-order valence-corrected chi connectivity index (χ0v) is 11.2. The van der Waals surface area contributed by atoms with Gasteiger partial charge in [0.15, 0.2) is 5.78 Å². The van der Waals surface area contributed by atoms with Crippen LogP contribution in [-0.4, -0.2) is 19.0 Å². The molecule has 1 heterocycles. The van der Waals surface area contributed by atoms with Crippen molar-refractivity contribution in [1.82, 2.24) is 0 Å². The molecule has 0 amide bonds. The summed E-state index contributed by atoms with van der Waals surface area (Å²) in [6.45, 7) is 1.26. The van der Waals surface area contributed by atoms with E-state index in [1.165, 1.54) is 0 Å². The van der Waals surface area contributed by atoms with Gasteiger partial charge in [0.25, 0.3) is 0 Å². The second-order valence-corrected chi connectivity index (χ2v) is 5.41. The maximum atomic E-state index is 12.0. The largest absolute Gasteiger partial charge is 0.381 e. The van der Waals surface area contributed by atoms with E-state index in [0.29, 0.717) is 13.2 Å². The van der Waals surface area contributed by atoms with Crippen molar-refractivity contribution in [2.24, 2.45) is 5.92 Å². The van der Waals surface area contributed by atoms with Gasteiger partial charge in [0.05, 0.1) is 6.61 Å². The van der Waals surface area contributed by atoms with Crippen LogP contribution in [0.2, 0.25) is 0 Å². The highest BCUT2D eigenvalue weighted by molar-refractivity contribution is 9.11. The van der Waals surface area contributed by atoms with Crippen LogP contribution in [0.25, 0.3) is 0 Å².